The van der Waals surface area contributed by atoms with Crippen LogP contribution in [0.5, 0.6) is 0 Å². The summed E-state index contributed by atoms with van der Waals surface area (Å²) in [5.41, 5.74) is 41.6. The number of H-pyrrole nitrogens is 2. The molecule has 2 heterocycles. The zero-order valence-electron chi connectivity index (χ0n) is 47.2. The highest BCUT2D eigenvalue weighted by Crippen LogP contribution is 2.22. The maximum absolute atomic E-state index is 14.6. The third kappa shape index (κ3) is 20.3. The number of aromatic nitrogens is 2. The standard InChI is InChI=1S/C54H80N18O11/c1-27(2)43(70-48(79)39(69-46(77)28(3)22-42(56)75)24-31-26-65-35-15-9-7-13-33(31)35)50(81)71-44(29(4)73)51(82)66-36(16-10-20-62-53(58)59)47(78)67-37(18-19-41(55)74)52(83)72(5)40(17-11-21-63-54(60)61)49(80)68-38(45(57)76)23-30-25-64-34-14-8-6-12-32(30)34/h6-9,12-15,25-29,36-40,43-44,64-65,73H,10-11,16-24H2,1-5H3,(H2,55,74)(H2,56,75)(H2,57,76)(H,66,82)(H,67,78)(H,68,80)(H,69,77)(H,70,79)(H,71,81)(H4,58,59,62)(H4,60,61,63)/t28-,29+,36-,37-,38-,39-,40-,43-,44-/m0/s1. The number of rotatable bonds is 34. The SMILES string of the molecule is CC(C)[C@H](NC(=O)[C@H](Cc1c[nH]c2ccccc12)NC(=O)[C@@H](C)CC(N)=O)C(=O)N[C@H](C(=O)N[C@@H](CCCN=C(N)N)C(=O)N[C@@H](CCC(N)=O)C(=O)N(C)[C@@H](CCCN=C(N)N)C(=O)N[C@@H](Cc1c[nH]c2ccccc12)C(N)=O)[C@@H](C)O. The lowest BCUT2D eigenvalue weighted by Crippen LogP contribution is -2.62. The monoisotopic (exact) mass is 1160 g/mol. The molecule has 0 aliphatic rings. The van der Waals surface area contributed by atoms with E-state index in [9.17, 15) is 53.1 Å². The van der Waals surface area contributed by atoms with E-state index in [4.69, 9.17) is 40.1 Å². The molecule has 0 spiro atoms. The summed E-state index contributed by atoms with van der Waals surface area (Å²) in [5, 5.41) is 28.1. The molecule has 0 fully saturated rings. The fourth-order valence-electron chi connectivity index (χ4n) is 9.13. The van der Waals surface area contributed by atoms with Gasteiger partial charge in [0.15, 0.2) is 11.9 Å². The number of primary amides is 3. The smallest absolute Gasteiger partial charge is 0.245 e. The Hall–Kier alpha value is -9.28. The highest BCUT2D eigenvalue weighted by molar-refractivity contribution is 5.99. The summed E-state index contributed by atoms with van der Waals surface area (Å²) >= 11 is 0. The average molecular weight is 1160 g/mol. The number of benzene rings is 2. The van der Waals surface area contributed by atoms with Crippen molar-refractivity contribution in [2.75, 3.05) is 20.1 Å². The first-order chi connectivity index (χ1) is 39.2. The third-order valence-electron chi connectivity index (χ3n) is 13.7. The summed E-state index contributed by atoms with van der Waals surface area (Å²) in [7, 11) is 1.26. The van der Waals surface area contributed by atoms with Crippen LogP contribution in [0.3, 0.4) is 0 Å². The van der Waals surface area contributed by atoms with Gasteiger partial charge in [0, 0.05) is 85.9 Å². The van der Waals surface area contributed by atoms with Crippen LogP contribution in [-0.2, 0) is 60.8 Å². The van der Waals surface area contributed by atoms with Crippen molar-refractivity contribution < 1.29 is 53.1 Å². The molecule has 0 bridgehead atoms. The predicted molar refractivity (Wildman–Crippen MR) is 309 cm³/mol. The van der Waals surface area contributed by atoms with Gasteiger partial charge in [-0.25, -0.2) is 0 Å². The molecule has 29 nitrogen and oxygen atoms in total. The second-order valence-corrected chi connectivity index (χ2v) is 20.7. The molecule has 0 radical (unpaired) electrons. The van der Waals surface area contributed by atoms with E-state index in [0.717, 1.165) is 26.7 Å². The van der Waals surface area contributed by atoms with Crippen LogP contribution in [0.2, 0.25) is 0 Å². The second-order valence-electron chi connectivity index (χ2n) is 20.7. The normalized spacial score (nSPS) is 14.4. The van der Waals surface area contributed by atoms with Crippen molar-refractivity contribution >= 4 is 92.8 Å². The molecule has 9 atom stereocenters. The minimum Gasteiger partial charge on any atom is -0.391 e. The number of aliphatic hydroxyl groups is 1. The highest BCUT2D eigenvalue weighted by Gasteiger charge is 2.38. The number of aromatic amines is 2. The van der Waals surface area contributed by atoms with Crippen LogP contribution in [0.25, 0.3) is 21.8 Å². The van der Waals surface area contributed by atoms with Crippen molar-refractivity contribution in [1.82, 2.24) is 46.8 Å². The number of nitrogens with one attached hydrogen (secondary N) is 8. The van der Waals surface area contributed by atoms with E-state index in [-0.39, 0.29) is 70.0 Å². The topological polar surface area (TPSA) is 505 Å². The third-order valence-corrected chi connectivity index (χ3v) is 13.7. The first-order valence-electron chi connectivity index (χ1n) is 27.0. The van der Waals surface area contributed by atoms with E-state index in [1.165, 1.54) is 20.9 Å². The van der Waals surface area contributed by atoms with Gasteiger partial charge in [-0.3, -0.25) is 57.9 Å². The number of carbonyl (C=O) groups excluding carboxylic acids is 10. The summed E-state index contributed by atoms with van der Waals surface area (Å²) in [6.07, 6.45) is 0.333. The lowest BCUT2D eigenvalue weighted by molar-refractivity contribution is -0.143. The van der Waals surface area contributed by atoms with Gasteiger partial charge in [-0.15, -0.1) is 0 Å². The van der Waals surface area contributed by atoms with Crippen molar-refractivity contribution in [2.45, 2.75) is 134 Å². The average Bonchev–Trinajstić information content (AvgIpc) is 4.07. The Balaban J connectivity index is 1.60. The Kier molecular flexibility index (Phi) is 25.3. The summed E-state index contributed by atoms with van der Waals surface area (Å²) in [4.78, 5) is 151. The first kappa shape index (κ1) is 66.2. The van der Waals surface area contributed by atoms with Gasteiger partial charge in [-0.2, -0.15) is 0 Å². The van der Waals surface area contributed by atoms with Crippen molar-refractivity contribution in [3.63, 3.8) is 0 Å². The van der Waals surface area contributed by atoms with Gasteiger partial charge in [-0.1, -0.05) is 57.2 Å². The Labute approximate surface area is 479 Å². The van der Waals surface area contributed by atoms with Crippen LogP contribution >= 0.6 is 0 Å². The lowest BCUT2D eigenvalue weighted by atomic mass is 9.99. The zero-order valence-corrected chi connectivity index (χ0v) is 47.2. The van der Waals surface area contributed by atoms with Crippen LogP contribution in [0.15, 0.2) is 70.9 Å². The molecular formula is C54H80N18O11. The number of hydrogen-bond donors (Lipinski definition) is 16. The number of hydrogen-bond acceptors (Lipinski definition) is 13. The van der Waals surface area contributed by atoms with Gasteiger partial charge in [0.05, 0.1) is 6.10 Å². The van der Waals surface area contributed by atoms with Crippen LogP contribution in [0, 0.1) is 11.8 Å². The van der Waals surface area contributed by atoms with Crippen LogP contribution < -0.4 is 72.0 Å². The fraction of sp³-hybridized carbons (Fsp3) is 0.481. The molecule has 0 saturated carbocycles. The molecule has 29 heteroatoms. The number of guanidine groups is 2. The summed E-state index contributed by atoms with van der Waals surface area (Å²) in [6, 6.07) is 4.26. The molecule has 4 rings (SSSR count). The molecule has 0 aliphatic heterocycles. The number of aliphatic imine (C=N–C) groups is 2. The number of likely N-dealkylation sites (N-methyl/N-ethyl adjacent to an activating group) is 1. The maximum Gasteiger partial charge on any atom is 0.245 e. The molecule has 452 valence electrons. The Bertz CT molecular complexity index is 3000. The van der Waals surface area contributed by atoms with Gasteiger partial charge >= 0.3 is 0 Å². The van der Waals surface area contributed by atoms with E-state index < -0.39 is 132 Å². The highest BCUT2D eigenvalue weighted by atomic mass is 16.3. The molecule has 0 aliphatic carbocycles. The molecule has 0 saturated heterocycles. The number of para-hydroxylation sites is 2. The van der Waals surface area contributed by atoms with E-state index in [1.54, 1.807) is 38.4 Å². The molecule has 10 amide bonds. The van der Waals surface area contributed by atoms with E-state index in [1.807, 2.05) is 36.4 Å². The molecule has 83 heavy (non-hydrogen) atoms. The van der Waals surface area contributed by atoms with Crippen LogP contribution in [0.1, 0.15) is 83.8 Å². The van der Waals surface area contributed by atoms with Gasteiger partial charge in [0.25, 0.3) is 0 Å². The summed E-state index contributed by atoms with van der Waals surface area (Å²) in [5.74, 6) is -10.8. The zero-order chi connectivity index (χ0) is 61.7. The summed E-state index contributed by atoms with van der Waals surface area (Å²) < 4.78 is 0. The Morgan fingerprint density at radius 2 is 1.01 bits per heavy atom. The van der Waals surface area contributed by atoms with Crippen molar-refractivity contribution in [1.29, 1.82) is 0 Å². The van der Waals surface area contributed by atoms with E-state index >= 15 is 0 Å². The number of fused-ring (bicyclic) bond motifs is 2. The minimum atomic E-state index is -1.79. The largest absolute Gasteiger partial charge is 0.391 e. The van der Waals surface area contributed by atoms with E-state index in [0.29, 0.717) is 11.1 Å². The van der Waals surface area contributed by atoms with Crippen LogP contribution in [-0.4, -0.2) is 159 Å². The van der Waals surface area contributed by atoms with Crippen molar-refractivity contribution in [2.24, 2.45) is 62.0 Å². The Morgan fingerprint density at radius 3 is 1.52 bits per heavy atom. The first-order valence-corrected chi connectivity index (χ1v) is 27.0. The number of nitrogens with two attached hydrogens (primary N) is 7. The molecular weight excluding hydrogens is 1080 g/mol. The maximum atomic E-state index is 14.6. The number of amides is 10. The van der Waals surface area contributed by atoms with Gasteiger partial charge in [0.1, 0.15) is 42.3 Å². The molecule has 23 N–H and O–H groups in total. The van der Waals surface area contributed by atoms with Crippen molar-refractivity contribution in [3.8, 4) is 0 Å². The van der Waals surface area contributed by atoms with Gasteiger partial charge in [-0.05, 0) is 68.2 Å². The number of aliphatic hydroxyl groups excluding tert-OH is 1. The molecule has 0 unspecified atom stereocenters. The quantitative estimate of drug-likeness (QED) is 0.0123. The van der Waals surface area contributed by atoms with E-state index in [2.05, 4.69) is 51.9 Å². The summed E-state index contributed by atoms with van der Waals surface area (Å²) in [6.45, 7) is 5.83. The molecule has 4 aromatic rings. The van der Waals surface area contributed by atoms with Gasteiger partial charge < -0.3 is 92.0 Å². The van der Waals surface area contributed by atoms with Gasteiger partial charge in [0.2, 0.25) is 59.1 Å². The molecule has 2 aromatic carbocycles. The minimum absolute atomic E-state index is 0.0266. The van der Waals surface area contributed by atoms with Crippen molar-refractivity contribution in [3.05, 3.63) is 72.1 Å². The lowest BCUT2D eigenvalue weighted by Gasteiger charge is -2.32. The molecule has 2 aromatic heterocycles. The number of nitrogens with zero attached hydrogens (tertiary/aromatic N) is 3. The van der Waals surface area contributed by atoms with Crippen LogP contribution in [0.4, 0.5) is 0 Å². The second kappa shape index (κ2) is 31.6. The predicted octanol–water partition coefficient (Wildman–Crippen LogP) is -3.42. The Morgan fingerprint density at radius 1 is 0.542 bits per heavy atom. The fourth-order valence-corrected chi connectivity index (χ4v) is 9.13. The number of carbonyl (C=O) groups is 10.